The molecule has 0 radical (unpaired) electrons. The van der Waals surface area contributed by atoms with E-state index in [0.717, 1.165) is 0 Å². The van der Waals surface area contributed by atoms with Gasteiger partial charge in [0.1, 0.15) is 6.04 Å². The van der Waals surface area contributed by atoms with Gasteiger partial charge in [-0.15, -0.1) is 0 Å². The first-order chi connectivity index (χ1) is 7.58. The van der Waals surface area contributed by atoms with Crippen molar-refractivity contribution in [2.24, 2.45) is 0 Å². The van der Waals surface area contributed by atoms with Crippen LogP contribution < -0.4 is 5.32 Å². The summed E-state index contributed by atoms with van der Waals surface area (Å²) >= 11 is 5.91. The fraction of sp³-hybridized carbons (Fsp3) is 0.273. The SMILES string of the molecule is CCC(Nc1ccc(C#N)cc1Cl)C(=O)O. The van der Waals surface area contributed by atoms with E-state index in [2.05, 4.69) is 5.32 Å². The van der Waals surface area contributed by atoms with E-state index in [9.17, 15) is 4.79 Å². The molecule has 0 saturated carbocycles. The highest BCUT2D eigenvalue weighted by Crippen LogP contribution is 2.23. The normalized spacial score (nSPS) is 11.6. The monoisotopic (exact) mass is 238 g/mol. The van der Waals surface area contributed by atoms with E-state index in [4.69, 9.17) is 22.0 Å². The molecule has 4 nitrogen and oxygen atoms in total. The Hall–Kier alpha value is -1.73. The number of hydrogen-bond acceptors (Lipinski definition) is 3. The van der Waals surface area contributed by atoms with Gasteiger partial charge in [0.25, 0.3) is 0 Å². The van der Waals surface area contributed by atoms with Crippen LogP contribution in [0.15, 0.2) is 18.2 Å². The summed E-state index contributed by atoms with van der Waals surface area (Å²) < 4.78 is 0. The number of aliphatic carboxylic acids is 1. The molecule has 84 valence electrons. The van der Waals surface area contributed by atoms with Gasteiger partial charge in [-0.2, -0.15) is 5.26 Å². The Morgan fingerprint density at radius 1 is 1.69 bits per heavy atom. The minimum absolute atomic E-state index is 0.346. The van der Waals surface area contributed by atoms with Gasteiger partial charge in [-0.25, -0.2) is 4.79 Å². The summed E-state index contributed by atoms with van der Waals surface area (Å²) in [5.41, 5.74) is 0.967. The van der Waals surface area contributed by atoms with Crippen molar-refractivity contribution in [1.82, 2.24) is 0 Å². The molecule has 1 atom stereocenters. The summed E-state index contributed by atoms with van der Waals surface area (Å²) in [6, 6.07) is 5.97. The van der Waals surface area contributed by atoms with Crippen molar-refractivity contribution in [3.8, 4) is 6.07 Å². The number of carboxylic acid groups (broad SMARTS) is 1. The highest BCUT2D eigenvalue weighted by Gasteiger charge is 2.15. The Morgan fingerprint density at radius 2 is 2.38 bits per heavy atom. The Kier molecular flexibility index (Phi) is 4.15. The molecule has 0 fully saturated rings. The Bertz CT molecular complexity index is 440. The van der Waals surface area contributed by atoms with E-state index in [1.165, 1.54) is 6.07 Å². The second-order valence-electron chi connectivity index (χ2n) is 3.25. The van der Waals surface area contributed by atoms with Crippen molar-refractivity contribution >= 4 is 23.3 Å². The van der Waals surface area contributed by atoms with Crippen molar-refractivity contribution < 1.29 is 9.90 Å². The Balaban J connectivity index is 2.90. The van der Waals surface area contributed by atoms with Crippen LogP contribution in [0, 0.1) is 11.3 Å². The maximum Gasteiger partial charge on any atom is 0.326 e. The number of rotatable bonds is 4. The largest absolute Gasteiger partial charge is 0.480 e. The third kappa shape index (κ3) is 2.88. The second-order valence-corrected chi connectivity index (χ2v) is 3.66. The average Bonchev–Trinajstić information content (AvgIpc) is 2.26. The van der Waals surface area contributed by atoms with Crippen LogP contribution in [0.1, 0.15) is 18.9 Å². The Labute approximate surface area is 98.5 Å². The van der Waals surface area contributed by atoms with Gasteiger partial charge in [-0.1, -0.05) is 18.5 Å². The predicted octanol–water partition coefficient (Wildman–Crippen LogP) is 2.49. The van der Waals surface area contributed by atoms with E-state index in [-0.39, 0.29) is 0 Å². The molecule has 1 aromatic rings. The number of anilines is 1. The molecule has 2 N–H and O–H groups in total. The number of nitrogens with one attached hydrogen (secondary N) is 1. The summed E-state index contributed by atoms with van der Waals surface area (Å²) in [7, 11) is 0. The molecule has 0 bridgehead atoms. The van der Waals surface area contributed by atoms with Crippen LogP contribution in [-0.2, 0) is 4.79 Å². The lowest BCUT2D eigenvalue weighted by Gasteiger charge is -2.14. The highest BCUT2D eigenvalue weighted by molar-refractivity contribution is 6.33. The maximum atomic E-state index is 10.8. The van der Waals surface area contributed by atoms with E-state index >= 15 is 0 Å². The quantitative estimate of drug-likeness (QED) is 0.845. The number of hydrogen-bond donors (Lipinski definition) is 2. The molecule has 1 unspecified atom stereocenters. The van der Waals surface area contributed by atoms with Crippen LogP contribution in [0.5, 0.6) is 0 Å². The molecule has 16 heavy (non-hydrogen) atoms. The molecular formula is C11H11ClN2O2. The number of nitrogens with zero attached hydrogens (tertiary/aromatic N) is 1. The van der Waals surface area contributed by atoms with Crippen molar-refractivity contribution in [2.75, 3.05) is 5.32 Å². The van der Waals surface area contributed by atoms with Crippen molar-refractivity contribution in [2.45, 2.75) is 19.4 Å². The summed E-state index contributed by atoms with van der Waals surface area (Å²) in [6.45, 7) is 1.77. The minimum Gasteiger partial charge on any atom is -0.480 e. The summed E-state index contributed by atoms with van der Waals surface area (Å²) in [5, 5.41) is 20.7. The first kappa shape index (κ1) is 12.3. The number of carbonyl (C=O) groups is 1. The van der Waals surface area contributed by atoms with Crippen LogP contribution in [-0.4, -0.2) is 17.1 Å². The third-order valence-corrected chi connectivity index (χ3v) is 2.45. The molecular weight excluding hydrogens is 228 g/mol. The fourth-order valence-corrected chi connectivity index (χ4v) is 1.46. The molecule has 0 aliphatic rings. The summed E-state index contributed by atoms with van der Waals surface area (Å²) in [6.07, 6.45) is 0.450. The zero-order valence-electron chi connectivity index (χ0n) is 8.70. The second kappa shape index (κ2) is 5.38. The first-order valence-corrected chi connectivity index (χ1v) is 5.15. The van der Waals surface area contributed by atoms with Gasteiger partial charge >= 0.3 is 5.97 Å². The zero-order valence-corrected chi connectivity index (χ0v) is 9.45. The lowest BCUT2D eigenvalue weighted by molar-refractivity contribution is -0.137. The lowest BCUT2D eigenvalue weighted by atomic mass is 10.2. The van der Waals surface area contributed by atoms with Crippen molar-refractivity contribution in [3.05, 3.63) is 28.8 Å². The van der Waals surface area contributed by atoms with Gasteiger partial charge in [0.05, 0.1) is 22.3 Å². The minimum atomic E-state index is -0.928. The van der Waals surface area contributed by atoms with Gasteiger partial charge in [0.15, 0.2) is 0 Å². The smallest absolute Gasteiger partial charge is 0.326 e. The summed E-state index contributed by atoms with van der Waals surface area (Å²) in [5.74, 6) is -0.928. The first-order valence-electron chi connectivity index (χ1n) is 4.77. The predicted molar refractivity (Wildman–Crippen MR) is 61.5 cm³/mol. The molecule has 0 amide bonds. The van der Waals surface area contributed by atoms with Crippen LogP contribution >= 0.6 is 11.6 Å². The van der Waals surface area contributed by atoms with Crippen molar-refractivity contribution in [3.63, 3.8) is 0 Å². The molecule has 0 heterocycles. The van der Waals surface area contributed by atoms with Crippen LogP contribution in [0.3, 0.4) is 0 Å². The van der Waals surface area contributed by atoms with Gasteiger partial charge in [-0.05, 0) is 24.6 Å². The molecule has 0 aromatic heterocycles. The standard InChI is InChI=1S/C11H11ClN2O2/c1-2-9(11(15)16)14-10-4-3-7(6-13)5-8(10)12/h3-5,9,14H,2H2,1H3,(H,15,16). The molecule has 0 aliphatic carbocycles. The Morgan fingerprint density at radius 3 is 2.81 bits per heavy atom. The number of carboxylic acids is 1. The molecule has 1 rings (SSSR count). The molecule has 0 spiro atoms. The molecule has 0 saturated heterocycles. The van der Waals surface area contributed by atoms with Gasteiger partial charge in [0.2, 0.25) is 0 Å². The van der Waals surface area contributed by atoms with E-state index in [0.29, 0.717) is 22.7 Å². The molecule has 5 heteroatoms. The summed E-state index contributed by atoms with van der Waals surface area (Å²) in [4.78, 5) is 10.8. The van der Waals surface area contributed by atoms with Crippen molar-refractivity contribution in [1.29, 1.82) is 5.26 Å². The van der Waals surface area contributed by atoms with Gasteiger partial charge in [0, 0.05) is 0 Å². The van der Waals surface area contributed by atoms with Crippen LogP contribution in [0.25, 0.3) is 0 Å². The maximum absolute atomic E-state index is 10.8. The number of nitriles is 1. The fourth-order valence-electron chi connectivity index (χ4n) is 1.23. The van der Waals surface area contributed by atoms with E-state index < -0.39 is 12.0 Å². The molecule has 1 aromatic carbocycles. The number of halogens is 1. The third-order valence-electron chi connectivity index (χ3n) is 2.13. The molecule has 0 aliphatic heterocycles. The van der Waals surface area contributed by atoms with Crippen LogP contribution in [0.4, 0.5) is 5.69 Å². The number of benzene rings is 1. The van der Waals surface area contributed by atoms with Gasteiger partial charge in [-0.3, -0.25) is 0 Å². The van der Waals surface area contributed by atoms with Crippen LogP contribution in [0.2, 0.25) is 5.02 Å². The zero-order chi connectivity index (χ0) is 12.1. The average molecular weight is 239 g/mol. The highest BCUT2D eigenvalue weighted by atomic mass is 35.5. The van der Waals surface area contributed by atoms with E-state index in [1.54, 1.807) is 19.1 Å². The topological polar surface area (TPSA) is 73.1 Å². The lowest BCUT2D eigenvalue weighted by Crippen LogP contribution is -2.28. The van der Waals surface area contributed by atoms with E-state index in [1.807, 2.05) is 6.07 Å². The van der Waals surface area contributed by atoms with Gasteiger partial charge < -0.3 is 10.4 Å².